The first kappa shape index (κ1) is 26.5. The van der Waals surface area contributed by atoms with Crippen molar-refractivity contribution in [2.45, 2.75) is 37.8 Å². The topological polar surface area (TPSA) is 92.3 Å². The number of benzene rings is 3. The molecule has 0 radical (unpaired) electrons. The summed E-state index contributed by atoms with van der Waals surface area (Å²) in [7, 11) is 0. The first-order valence-electron chi connectivity index (χ1n) is 11.8. The molecule has 1 heterocycles. The number of aryl methyl sites for hydroxylation is 2. The van der Waals surface area contributed by atoms with E-state index in [4.69, 9.17) is 21.1 Å². The molecule has 8 nitrogen and oxygen atoms in total. The second-order valence-electron chi connectivity index (χ2n) is 8.38. The largest absolute Gasteiger partial charge is 0.490 e. The van der Waals surface area contributed by atoms with E-state index in [-0.39, 0.29) is 11.5 Å². The summed E-state index contributed by atoms with van der Waals surface area (Å²) in [6, 6.07) is 20.8. The molecule has 192 valence electrons. The third kappa shape index (κ3) is 6.81. The monoisotopic (exact) mass is 538 g/mol. The fraction of sp³-hybridized carbons (Fsp3) is 0.259. The minimum atomic E-state index is -0.532. The molecule has 10 heteroatoms. The highest BCUT2D eigenvalue weighted by Crippen LogP contribution is 2.39. The molecule has 4 rings (SSSR count). The molecular formula is C27H27ClN4O4S. The Hall–Kier alpha value is -3.56. The average Bonchev–Trinajstić information content (AvgIpc) is 3.24. The predicted octanol–water partition coefficient (Wildman–Crippen LogP) is 6.63. The lowest BCUT2D eigenvalue weighted by molar-refractivity contribution is -0.479. The summed E-state index contributed by atoms with van der Waals surface area (Å²) in [5.74, 6) is 1.78. The van der Waals surface area contributed by atoms with Crippen molar-refractivity contribution >= 4 is 23.4 Å². The van der Waals surface area contributed by atoms with E-state index in [0.717, 1.165) is 16.8 Å². The molecule has 0 saturated heterocycles. The Balaban J connectivity index is 1.61. The molecule has 1 aromatic heterocycles. The van der Waals surface area contributed by atoms with Crippen LogP contribution in [-0.4, -0.2) is 32.8 Å². The standard InChI is InChI=1S/C27H27ClN4O4S/c1-4-35-25-15-21(9-14-24(25)36-17-20-7-5-18(2)6-8-20)26(16-31(33)34)37-27-30-29-19(3)32(27)23-12-10-22(28)11-13-23/h5-15,26H,4,16-17H2,1-3H3/t26-/m0/s1. The Morgan fingerprint density at radius 2 is 1.73 bits per heavy atom. The van der Waals surface area contributed by atoms with Gasteiger partial charge in [-0.05, 0) is 68.3 Å². The SMILES string of the molecule is CCOc1cc([C@H](C[N+](=O)[O-])Sc2nnc(C)n2-c2ccc(Cl)cc2)ccc1OCc1ccc(C)cc1. The Bertz CT molecular complexity index is 1360. The van der Waals surface area contributed by atoms with E-state index in [1.807, 2.05) is 73.9 Å². The third-order valence-electron chi connectivity index (χ3n) is 5.60. The van der Waals surface area contributed by atoms with Gasteiger partial charge in [-0.2, -0.15) is 0 Å². The zero-order chi connectivity index (χ0) is 26.4. The minimum Gasteiger partial charge on any atom is -0.490 e. The summed E-state index contributed by atoms with van der Waals surface area (Å²) >= 11 is 7.33. The number of hydrogen-bond acceptors (Lipinski definition) is 7. The van der Waals surface area contributed by atoms with Gasteiger partial charge in [-0.1, -0.05) is 59.3 Å². The van der Waals surface area contributed by atoms with Crippen LogP contribution in [0.3, 0.4) is 0 Å². The predicted molar refractivity (Wildman–Crippen MR) is 145 cm³/mol. The summed E-state index contributed by atoms with van der Waals surface area (Å²) < 4.78 is 13.7. The van der Waals surface area contributed by atoms with E-state index >= 15 is 0 Å². The Labute approximate surface area is 224 Å². The Kier molecular flexibility index (Phi) is 8.68. The molecule has 0 fully saturated rings. The number of aromatic nitrogens is 3. The molecule has 1 atom stereocenters. The number of nitro groups is 1. The number of hydrogen-bond donors (Lipinski definition) is 0. The summed E-state index contributed by atoms with van der Waals surface area (Å²) in [6.07, 6.45) is 0. The molecule has 3 aromatic carbocycles. The Morgan fingerprint density at radius 3 is 2.41 bits per heavy atom. The van der Waals surface area contributed by atoms with Crippen molar-refractivity contribution in [3.05, 3.63) is 104 Å². The zero-order valence-electron chi connectivity index (χ0n) is 20.8. The third-order valence-corrected chi connectivity index (χ3v) is 7.03. The van der Waals surface area contributed by atoms with Crippen molar-refractivity contribution in [2.24, 2.45) is 0 Å². The lowest BCUT2D eigenvalue weighted by Gasteiger charge is -2.17. The van der Waals surface area contributed by atoms with E-state index in [2.05, 4.69) is 10.2 Å². The van der Waals surface area contributed by atoms with Crippen LogP contribution in [0, 0.1) is 24.0 Å². The van der Waals surface area contributed by atoms with Crippen LogP contribution in [0.15, 0.2) is 71.9 Å². The molecule has 0 aliphatic carbocycles. The highest BCUT2D eigenvalue weighted by molar-refractivity contribution is 7.99. The summed E-state index contributed by atoms with van der Waals surface area (Å²) in [5, 5.41) is 20.7. The van der Waals surface area contributed by atoms with Gasteiger partial charge in [0.2, 0.25) is 6.54 Å². The lowest BCUT2D eigenvalue weighted by Crippen LogP contribution is -2.11. The van der Waals surface area contributed by atoms with Gasteiger partial charge in [0.1, 0.15) is 17.7 Å². The fourth-order valence-corrected chi connectivity index (χ4v) is 5.03. The maximum absolute atomic E-state index is 11.6. The fourth-order valence-electron chi connectivity index (χ4n) is 3.74. The van der Waals surface area contributed by atoms with Gasteiger partial charge in [0, 0.05) is 15.6 Å². The summed E-state index contributed by atoms with van der Waals surface area (Å²) in [5.41, 5.74) is 3.77. The van der Waals surface area contributed by atoms with Gasteiger partial charge in [0.15, 0.2) is 16.7 Å². The molecule has 0 saturated carbocycles. The van der Waals surface area contributed by atoms with Gasteiger partial charge >= 0.3 is 0 Å². The van der Waals surface area contributed by atoms with Crippen LogP contribution in [0.4, 0.5) is 0 Å². The number of ether oxygens (including phenoxy) is 2. The van der Waals surface area contributed by atoms with Gasteiger partial charge in [0.05, 0.1) is 6.61 Å². The summed E-state index contributed by atoms with van der Waals surface area (Å²) in [6.45, 7) is 6.28. The highest BCUT2D eigenvalue weighted by Gasteiger charge is 2.25. The van der Waals surface area contributed by atoms with Crippen molar-refractivity contribution in [3.8, 4) is 17.2 Å². The average molecular weight is 539 g/mol. The van der Waals surface area contributed by atoms with Crippen molar-refractivity contribution < 1.29 is 14.4 Å². The normalized spacial score (nSPS) is 11.8. The van der Waals surface area contributed by atoms with Crippen LogP contribution in [0.2, 0.25) is 5.02 Å². The molecule has 0 amide bonds. The van der Waals surface area contributed by atoms with E-state index in [9.17, 15) is 10.1 Å². The molecule has 0 aliphatic rings. The van der Waals surface area contributed by atoms with E-state index < -0.39 is 5.25 Å². The molecule has 0 N–H and O–H groups in total. The van der Waals surface area contributed by atoms with Gasteiger partial charge in [-0.15, -0.1) is 10.2 Å². The molecular weight excluding hydrogens is 512 g/mol. The van der Waals surface area contributed by atoms with Crippen LogP contribution < -0.4 is 9.47 Å². The van der Waals surface area contributed by atoms with Crippen molar-refractivity contribution in [1.29, 1.82) is 0 Å². The smallest absolute Gasteiger partial charge is 0.220 e. The van der Waals surface area contributed by atoms with Gasteiger partial charge in [-0.25, -0.2) is 0 Å². The molecule has 0 unspecified atom stereocenters. The van der Waals surface area contributed by atoms with Crippen LogP contribution in [0.1, 0.15) is 34.7 Å². The second kappa shape index (κ2) is 12.1. The van der Waals surface area contributed by atoms with Crippen LogP contribution in [0.5, 0.6) is 11.5 Å². The van der Waals surface area contributed by atoms with Crippen molar-refractivity contribution in [3.63, 3.8) is 0 Å². The van der Waals surface area contributed by atoms with Crippen LogP contribution >= 0.6 is 23.4 Å². The molecule has 0 bridgehead atoms. The van der Waals surface area contributed by atoms with Crippen LogP contribution in [-0.2, 0) is 6.61 Å². The van der Waals surface area contributed by atoms with Gasteiger partial charge < -0.3 is 9.47 Å². The number of halogens is 1. The molecule has 0 aliphatic heterocycles. The maximum atomic E-state index is 11.6. The highest BCUT2D eigenvalue weighted by atomic mass is 35.5. The van der Waals surface area contributed by atoms with Crippen molar-refractivity contribution in [2.75, 3.05) is 13.2 Å². The minimum absolute atomic E-state index is 0.299. The molecule has 0 spiro atoms. The first-order chi connectivity index (χ1) is 17.8. The van der Waals surface area contributed by atoms with Gasteiger partial charge in [0.25, 0.3) is 0 Å². The number of nitrogens with zero attached hydrogens (tertiary/aromatic N) is 4. The van der Waals surface area contributed by atoms with E-state index in [0.29, 0.717) is 40.7 Å². The maximum Gasteiger partial charge on any atom is 0.220 e. The number of rotatable bonds is 11. The number of thioether (sulfide) groups is 1. The van der Waals surface area contributed by atoms with Crippen molar-refractivity contribution in [1.82, 2.24) is 14.8 Å². The zero-order valence-corrected chi connectivity index (χ0v) is 22.3. The second-order valence-corrected chi connectivity index (χ2v) is 9.98. The van der Waals surface area contributed by atoms with Crippen LogP contribution in [0.25, 0.3) is 5.69 Å². The Morgan fingerprint density at radius 1 is 1.00 bits per heavy atom. The van der Waals surface area contributed by atoms with E-state index in [1.54, 1.807) is 18.2 Å². The summed E-state index contributed by atoms with van der Waals surface area (Å²) in [4.78, 5) is 11.3. The lowest BCUT2D eigenvalue weighted by atomic mass is 10.1. The van der Waals surface area contributed by atoms with Gasteiger partial charge in [-0.3, -0.25) is 14.7 Å². The molecule has 37 heavy (non-hydrogen) atoms. The molecule has 4 aromatic rings. The van der Waals surface area contributed by atoms with E-state index in [1.165, 1.54) is 17.3 Å². The quantitative estimate of drug-likeness (QED) is 0.120. The first-order valence-corrected chi connectivity index (χ1v) is 13.0.